The maximum Gasteiger partial charge on any atom is 0.239 e. The largest absolute Gasteiger partial charge is 0.447 e. The van der Waals surface area contributed by atoms with Gasteiger partial charge in [-0.3, -0.25) is 9.69 Å². The SMILES string of the molecule is N#Cc1ccc([C@@H]2NC(=O)[C@@H]3CCCCN32)o1. The lowest BCUT2D eigenvalue weighted by molar-refractivity contribution is -0.122. The number of nitriles is 1. The first kappa shape index (κ1) is 10.4. The van der Waals surface area contributed by atoms with Gasteiger partial charge in [-0.15, -0.1) is 0 Å². The van der Waals surface area contributed by atoms with Crippen LogP contribution in [0, 0.1) is 11.3 Å². The highest BCUT2D eigenvalue weighted by molar-refractivity contribution is 5.84. The van der Waals surface area contributed by atoms with Gasteiger partial charge in [0.15, 0.2) is 0 Å². The van der Waals surface area contributed by atoms with E-state index in [-0.39, 0.29) is 23.9 Å². The lowest BCUT2D eigenvalue weighted by Crippen LogP contribution is -2.38. The molecule has 5 nitrogen and oxygen atoms in total. The van der Waals surface area contributed by atoms with E-state index in [9.17, 15) is 4.79 Å². The molecule has 3 rings (SSSR count). The van der Waals surface area contributed by atoms with Crippen LogP contribution < -0.4 is 5.32 Å². The molecule has 0 bridgehead atoms. The summed E-state index contributed by atoms with van der Waals surface area (Å²) in [6.45, 7) is 0.899. The molecule has 88 valence electrons. The van der Waals surface area contributed by atoms with Gasteiger partial charge in [-0.2, -0.15) is 5.26 Å². The number of carbonyl (C=O) groups is 1. The summed E-state index contributed by atoms with van der Waals surface area (Å²) in [6, 6.07) is 5.33. The zero-order chi connectivity index (χ0) is 11.8. The molecule has 2 aliphatic rings. The molecule has 0 saturated carbocycles. The summed E-state index contributed by atoms with van der Waals surface area (Å²) < 4.78 is 5.40. The van der Waals surface area contributed by atoms with Crippen LogP contribution in [0.1, 0.15) is 36.9 Å². The quantitative estimate of drug-likeness (QED) is 0.786. The number of hydrogen-bond acceptors (Lipinski definition) is 4. The van der Waals surface area contributed by atoms with E-state index in [1.54, 1.807) is 12.1 Å². The summed E-state index contributed by atoms with van der Waals surface area (Å²) in [5.74, 6) is 1.01. The normalized spacial score (nSPS) is 28.5. The zero-order valence-electron chi connectivity index (χ0n) is 9.35. The molecule has 17 heavy (non-hydrogen) atoms. The minimum atomic E-state index is -0.199. The van der Waals surface area contributed by atoms with E-state index in [4.69, 9.17) is 9.68 Å². The molecular weight excluding hydrogens is 218 g/mol. The van der Waals surface area contributed by atoms with Crippen LogP contribution in [-0.4, -0.2) is 23.4 Å². The van der Waals surface area contributed by atoms with Crippen molar-refractivity contribution in [1.29, 1.82) is 5.26 Å². The second kappa shape index (κ2) is 3.90. The molecule has 0 aromatic carbocycles. The number of rotatable bonds is 1. The summed E-state index contributed by atoms with van der Waals surface area (Å²) in [5.41, 5.74) is 0. The average molecular weight is 231 g/mol. The van der Waals surface area contributed by atoms with Crippen LogP contribution in [0.4, 0.5) is 0 Å². The number of nitrogens with zero attached hydrogens (tertiary/aromatic N) is 2. The predicted octanol–water partition coefficient (Wildman–Crippen LogP) is 1.13. The summed E-state index contributed by atoms with van der Waals surface area (Å²) in [7, 11) is 0. The number of carbonyl (C=O) groups excluding carboxylic acids is 1. The van der Waals surface area contributed by atoms with E-state index in [1.165, 1.54) is 0 Å². The molecule has 0 unspecified atom stereocenters. The van der Waals surface area contributed by atoms with Crippen LogP contribution in [0.2, 0.25) is 0 Å². The molecule has 2 aliphatic heterocycles. The molecule has 0 aliphatic carbocycles. The second-order valence-corrected chi connectivity index (χ2v) is 4.47. The van der Waals surface area contributed by atoms with Crippen molar-refractivity contribution in [2.45, 2.75) is 31.5 Å². The molecule has 2 saturated heterocycles. The van der Waals surface area contributed by atoms with Crippen LogP contribution in [0.5, 0.6) is 0 Å². The standard InChI is InChI=1S/C12H13N3O2/c13-7-8-4-5-10(17-8)11-14-12(16)9-3-1-2-6-15(9)11/h4-5,9,11H,1-3,6H2,(H,14,16)/t9-,11+/m0/s1. The van der Waals surface area contributed by atoms with Crippen molar-refractivity contribution in [3.05, 3.63) is 23.7 Å². The van der Waals surface area contributed by atoms with Gasteiger partial charge >= 0.3 is 0 Å². The molecular formula is C12H13N3O2. The first-order valence-electron chi connectivity index (χ1n) is 5.85. The maximum atomic E-state index is 11.8. The Bertz CT molecular complexity index is 488. The number of piperidine rings is 1. The van der Waals surface area contributed by atoms with Crippen LogP contribution in [0.15, 0.2) is 16.5 Å². The molecule has 0 radical (unpaired) electrons. The molecule has 5 heteroatoms. The number of amides is 1. The molecule has 1 amide bonds. The van der Waals surface area contributed by atoms with Gasteiger partial charge in [0.1, 0.15) is 18.0 Å². The fourth-order valence-electron chi connectivity index (χ4n) is 2.65. The van der Waals surface area contributed by atoms with Crippen LogP contribution in [0.25, 0.3) is 0 Å². The van der Waals surface area contributed by atoms with Crippen molar-refractivity contribution in [3.8, 4) is 6.07 Å². The third-order valence-electron chi connectivity index (χ3n) is 3.46. The van der Waals surface area contributed by atoms with E-state index in [1.807, 2.05) is 6.07 Å². The summed E-state index contributed by atoms with van der Waals surface area (Å²) >= 11 is 0. The lowest BCUT2D eigenvalue weighted by atomic mass is 10.0. The Morgan fingerprint density at radius 3 is 3.12 bits per heavy atom. The average Bonchev–Trinajstić information content (AvgIpc) is 2.95. The number of fused-ring (bicyclic) bond motifs is 1. The van der Waals surface area contributed by atoms with Crippen LogP contribution in [0.3, 0.4) is 0 Å². The summed E-state index contributed by atoms with van der Waals surface area (Å²) in [6.07, 6.45) is 2.92. The molecule has 1 aromatic rings. The van der Waals surface area contributed by atoms with E-state index in [0.29, 0.717) is 5.76 Å². The lowest BCUT2D eigenvalue weighted by Gasteiger charge is -2.30. The first-order valence-corrected chi connectivity index (χ1v) is 5.85. The highest BCUT2D eigenvalue weighted by atomic mass is 16.3. The first-order chi connectivity index (χ1) is 8.29. The fraction of sp³-hybridized carbons (Fsp3) is 0.500. The Kier molecular flexibility index (Phi) is 2.37. The van der Waals surface area contributed by atoms with Gasteiger partial charge in [-0.25, -0.2) is 0 Å². The number of nitrogens with one attached hydrogen (secondary N) is 1. The van der Waals surface area contributed by atoms with Gasteiger partial charge < -0.3 is 9.73 Å². The Morgan fingerprint density at radius 1 is 1.47 bits per heavy atom. The minimum Gasteiger partial charge on any atom is -0.447 e. The number of furan rings is 1. The zero-order valence-corrected chi connectivity index (χ0v) is 9.35. The van der Waals surface area contributed by atoms with Gasteiger partial charge in [0.05, 0.1) is 6.04 Å². The van der Waals surface area contributed by atoms with Crippen LogP contribution >= 0.6 is 0 Å². The smallest absolute Gasteiger partial charge is 0.239 e. The van der Waals surface area contributed by atoms with Gasteiger partial charge in [0, 0.05) is 6.54 Å². The number of hydrogen-bond donors (Lipinski definition) is 1. The Hall–Kier alpha value is -1.80. The van der Waals surface area contributed by atoms with E-state index < -0.39 is 0 Å². The van der Waals surface area contributed by atoms with Crippen molar-refractivity contribution < 1.29 is 9.21 Å². The molecule has 1 N–H and O–H groups in total. The van der Waals surface area contributed by atoms with Gasteiger partial charge in [-0.1, -0.05) is 6.42 Å². The minimum absolute atomic E-state index is 0.0237. The van der Waals surface area contributed by atoms with Crippen molar-refractivity contribution in [1.82, 2.24) is 10.2 Å². The molecule has 3 heterocycles. The van der Waals surface area contributed by atoms with Crippen molar-refractivity contribution in [2.24, 2.45) is 0 Å². The molecule has 1 aromatic heterocycles. The van der Waals surface area contributed by atoms with Gasteiger partial charge in [0.25, 0.3) is 0 Å². The second-order valence-electron chi connectivity index (χ2n) is 4.47. The monoisotopic (exact) mass is 231 g/mol. The summed E-state index contributed by atoms with van der Waals surface area (Å²) in [4.78, 5) is 13.9. The Labute approximate surface area is 99.0 Å². The Morgan fingerprint density at radius 2 is 2.35 bits per heavy atom. The van der Waals surface area contributed by atoms with Crippen LogP contribution in [-0.2, 0) is 4.79 Å². The third kappa shape index (κ3) is 1.61. The maximum absolute atomic E-state index is 11.8. The summed E-state index contributed by atoms with van der Waals surface area (Å²) in [5, 5.41) is 11.7. The third-order valence-corrected chi connectivity index (χ3v) is 3.46. The highest BCUT2D eigenvalue weighted by Crippen LogP contribution is 2.32. The molecule has 2 atom stereocenters. The van der Waals surface area contributed by atoms with Crippen molar-refractivity contribution in [3.63, 3.8) is 0 Å². The van der Waals surface area contributed by atoms with Gasteiger partial charge in [0.2, 0.25) is 11.7 Å². The topological polar surface area (TPSA) is 69.3 Å². The van der Waals surface area contributed by atoms with Crippen molar-refractivity contribution in [2.75, 3.05) is 6.54 Å². The van der Waals surface area contributed by atoms with E-state index in [2.05, 4.69) is 10.2 Å². The van der Waals surface area contributed by atoms with E-state index >= 15 is 0 Å². The Balaban J connectivity index is 1.88. The molecule has 0 spiro atoms. The highest BCUT2D eigenvalue weighted by Gasteiger charge is 2.42. The van der Waals surface area contributed by atoms with Gasteiger partial charge in [-0.05, 0) is 25.0 Å². The molecule has 2 fully saturated rings. The van der Waals surface area contributed by atoms with Crippen molar-refractivity contribution >= 4 is 5.91 Å². The van der Waals surface area contributed by atoms with E-state index in [0.717, 1.165) is 25.8 Å². The fourth-order valence-corrected chi connectivity index (χ4v) is 2.65. The predicted molar refractivity (Wildman–Crippen MR) is 58.7 cm³/mol.